The van der Waals surface area contributed by atoms with Crippen molar-refractivity contribution in [2.45, 2.75) is 13.8 Å². The lowest BCUT2D eigenvalue weighted by molar-refractivity contribution is -0.135. The predicted octanol–water partition coefficient (Wildman–Crippen LogP) is -0.645. The van der Waals surface area contributed by atoms with E-state index in [1.54, 1.807) is 6.92 Å². The summed E-state index contributed by atoms with van der Waals surface area (Å²) in [5.41, 5.74) is -0.478. The number of hydrogen-bond donors (Lipinski definition) is 3. The topological polar surface area (TPSA) is 95.5 Å². The molecule has 0 aliphatic rings. The van der Waals surface area contributed by atoms with Crippen LogP contribution in [0.25, 0.3) is 0 Å². The fraction of sp³-hybridized carbons (Fsp3) is 0.545. The first-order valence-electron chi connectivity index (χ1n) is 5.45. The van der Waals surface area contributed by atoms with Gasteiger partial charge in [0, 0.05) is 6.08 Å². The minimum Gasteiger partial charge on any atom is -0.478 e. The lowest BCUT2D eigenvalue weighted by atomic mass is 10.1. The molecule has 0 spiro atoms. The van der Waals surface area contributed by atoms with E-state index in [9.17, 15) is 14.4 Å². The highest BCUT2D eigenvalue weighted by Crippen LogP contribution is 1.97. The van der Waals surface area contributed by atoms with Gasteiger partial charge in [0.05, 0.1) is 13.1 Å². The molecular weight excluding hydrogens is 224 g/mol. The van der Waals surface area contributed by atoms with Crippen molar-refractivity contribution in [3.63, 3.8) is 0 Å². The summed E-state index contributed by atoms with van der Waals surface area (Å²) in [5, 5.41) is 14.3. The highest BCUT2D eigenvalue weighted by atomic mass is 16.4. The third kappa shape index (κ3) is 6.60. The van der Waals surface area contributed by atoms with Gasteiger partial charge in [0.2, 0.25) is 0 Å². The molecule has 0 unspecified atom stereocenters. The number of carboxylic acid groups (broad SMARTS) is 1. The molecule has 0 aliphatic heterocycles. The number of carbonyl (C=O) groups is 3. The molecular formula is C11H18N2O4. The quantitative estimate of drug-likeness (QED) is 0.283. The highest BCUT2D eigenvalue weighted by Gasteiger charge is 2.17. The standard InChI is InChI=1S/C11H18N2O4/c1-3-12-6-8(14)5-9(11(16)17)10(15)7-13-4-2/h5,12-13H,3-4,6-7H2,1-2H3,(H,16,17). The number of carbonyl (C=O) groups excluding carboxylic acids is 2. The van der Waals surface area contributed by atoms with Crippen LogP contribution in [0.2, 0.25) is 0 Å². The fourth-order valence-corrected chi connectivity index (χ4v) is 1.06. The van der Waals surface area contributed by atoms with Crippen LogP contribution in [0.3, 0.4) is 0 Å². The maximum atomic E-state index is 11.5. The number of nitrogens with one attached hydrogen (secondary N) is 2. The number of aliphatic carboxylic acids is 1. The molecule has 0 fully saturated rings. The Morgan fingerprint density at radius 3 is 2.06 bits per heavy atom. The molecule has 0 radical (unpaired) electrons. The molecule has 17 heavy (non-hydrogen) atoms. The van der Waals surface area contributed by atoms with E-state index in [2.05, 4.69) is 10.6 Å². The number of rotatable bonds is 9. The van der Waals surface area contributed by atoms with Gasteiger partial charge in [-0.2, -0.15) is 0 Å². The maximum Gasteiger partial charge on any atom is 0.339 e. The van der Waals surface area contributed by atoms with Crippen LogP contribution in [0.1, 0.15) is 13.8 Å². The van der Waals surface area contributed by atoms with Crippen LogP contribution in [0.4, 0.5) is 0 Å². The van der Waals surface area contributed by atoms with Crippen molar-refractivity contribution in [2.24, 2.45) is 0 Å². The molecule has 0 saturated carbocycles. The molecule has 96 valence electrons. The molecule has 0 aliphatic carbocycles. The summed E-state index contributed by atoms with van der Waals surface area (Å²) >= 11 is 0. The van der Waals surface area contributed by atoms with E-state index in [0.717, 1.165) is 6.08 Å². The van der Waals surface area contributed by atoms with Crippen LogP contribution in [0, 0.1) is 0 Å². The van der Waals surface area contributed by atoms with Crippen LogP contribution >= 0.6 is 0 Å². The summed E-state index contributed by atoms with van der Waals surface area (Å²) in [7, 11) is 0. The van der Waals surface area contributed by atoms with Crippen molar-refractivity contribution < 1.29 is 19.5 Å². The van der Waals surface area contributed by atoms with Crippen molar-refractivity contribution in [3.05, 3.63) is 11.6 Å². The van der Waals surface area contributed by atoms with Crippen LogP contribution in [0.5, 0.6) is 0 Å². The van der Waals surface area contributed by atoms with Gasteiger partial charge in [-0.1, -0.05) is 13.8 Å². The average Bonchev–Trinajstić information content (AvgIpc) is 2.29. The van der Waals surface area contributed by atoms with Gasteiger partial charge in [0.15, 0.2) is 11.6 Å². The lowest BCUT2D eigenvalue weighted by Crippen LogP contribution is -2.28. The largest absolute Gasteiger partial charge is 0.478 e. The van der Waals surface area contributed by atoms with Crippen molar-refractivity contribution in [2.75, 3.05) is 26.2 Å². The minimum absolute atomic E-state index is 0.0295. The van der Waals surface area contributed by atoms with Crippen molar-refractivity contribution in [1.29, 1.82) is 0 Å². The Balaban J connectivity index is 4.61. The number of likely N-dealkylation sites (N-methyl/N-ethyl adjacent to an activating group) is 2. The van der Waals surface area contributed by atoms with E-state index >= 15 is 0 Å². The Kier molecular flexibility index (Phi) is 7.83. The van der Waals surface area contributed by atoms with Gasteiger partial charge in [-0.3, -0.25) is 9.59 Å². The summed E-state index contributed by atoms with van der Waals surface area (Å²) in [5.74, 6) is -2.39. The van der Waals surface area contributed by atoms with Crippen LogP contribution in [-0.2, 0) is 14.4 Å². The van der Waals surface area contributed by atoms with Gasteiger partial charge in [-0.25, -0.2) is 4.79 Å². The second-order valence-corrected chi connectivity index (χ2v) is 3.31. The normalized spacial score (nSPS) is 11.3. The second-order valence-electron chi connectivity index (χ2n) is 3.31. The predicted molar refractivity (Wildman–Crippen MR) is 62.8 cm³/mol. The number of Topliss-reactive ketones (excluding diaryl/α,β-unsaturated/α-hetero) is 1. The molecule has 0 bridgehead atoms. The van der Waals surface area contributed by atoms with Gasteiger partial charge in [0.1, 0.15) is 5.57 Å². The van der Waals surface area contributed by atoms with E-state index in [1.165, 1.54) is 0 Å². The first kappa shape index (κ1) is 15.5. The molecule has 0 heterocycles. The Bertz CT molecular complexity index is 323. The van der Waals surface area contributed by atoms with Crippen molar-refractivity contribution >= 4 is 17.5 Å². The summed E-state index contributed by atoms with van der Waals surface area (Å²) in [6.07, 6.45) is 0.880. The summed E-state index contributed by atoms with van der Waals surface area (Å²) in [6, 6.07) is 0. The van der Waals surface area contributed by atoms with Gasteiger partial charge < -0.3 is 15.7 Å². The molecule has 0 rings (SSSR count). The third-order valence-corrected chi connectivity index (χ3v) is 1.92. The Morgan fingerprint density at radius 1 is 1.06 bits per heavy atom. The fourth-order valence-electron chi connectivity index (χ4n) is 1.06. The van der Waals surface area contributed by atoms with Gasteiger partial charge in [0.25, 0.3) is 0 Å². The van der Waals surface area contributed by atoms with E-state index in [1.807, 2.05) is 6.92 Å². The van der Waals surface area contributed by atoms with E-state index in [4.69, 9.17) is 5.11 Å². The second kappa shape index (κ2) is 8.60. The van der Waals surface area contributed by atoms with Crippen molar-refractivity contribution in [1.82, 2.24) is 10.6 Å². The first-order chi connectivity index (χ1) is 8.02. The summed E-state index contributed by atoms with van der Waals surface area (Å²) < 4.78 is 0. The molecule has 0 aromatic carbocycles. The Hall–Kier alpha value is -1.53. The van der Waals surface area contributed by atoms with E-state index < -0.39 is 23.1 Å². The zero-order valence-electron chi connectivity index (χ0n) is 10.1. The van der Waals surface area contributed by atoms with Gasteiger partial charge in [-0.05, 0) is 13.1 Å². The molecule has 6 nitrogen and oxygen atoms in total. The zero-order valence-corrected chi connectivity index (χ0v) is 10.1. The summed E-state index contributed by atoms with van der Waals surface area (Å²) in [4.78, 5) is 33.6. The molecule has 0 aromatic rings. The third-order valence-electron chi connectivity index (χ3n) is 1.92. The molecule has 0 saturated heterocycles. The number of ketones is 2. The molecule has 3 N–H and O–H groups in total. The number of hydrogen-bond acceptors (Lipinski definition) is 5. The zero-order chi connectivity index (χ0) is 13.3. The Labute approximate surface area is 100 Å². The molecule has 0 atom stereocenters. The van der Waals surface area contributed by atoms with Crippen LogP contribution in [-0.4, -0.2) is 48.8 Å². The monoisotopic (exact) mass is 242 g/mol. The first-order valence-corrected chi connectivity index (χ1v) is 5.45. The average molecular weight is 242 g/mol. The Morgan fingerprint density at radius 2 is 1.59 bits per heavy atom. The number of carboxylic acids is 1. The van der Waals surface area contributed by atoms with Crippen LogP contribution < -0.4 is 10.6 Å². The highest BCUT2D eigenvalue weighted by molar-refractivity contribution is 6.20. The van der Waals surface area contributed by atoms with Gasteiger partial charge >= 0.3 is 5.97 Å². The molecule has 0 aromatic heterocycles. The van der Waals surface area contributed by atoms with Gasteiger partial charge in [-0.15, -0.1) is 0 Å². The lowest BCUT2D eigenvalue weighted by Gasteiger charge is -2.02. The SMILES string of the molecule is CCNCC(=O)C=C(C(=O)O)C(=O)CNCC. The van der Waals surface area contributed by atoms with E-state index in [0.29, 0.717) is 13.1 Å². The minimum atomic E-state index is -1.38. The molecule has 6 heteroatoms. The smallest absolute Gasteiger partial charge is 0.339 e. The van der Waals surface area contributed by atoms with Crippen molar-refractivity contribution in [3.8, 4) is 0 Å². The maximum absolute atomic E-state index is 11.5. The summed E-state index contributed by atoms with van der Waals surface area (Å²) in [6.45, 7) is 4.74. The van der Waals surface area contributed by atoms with E-state index in [-0.39, 0.29) is 13.1 Å². The van der Waals surface area contributed by atoms with Crippen LogP contribution in [0.15, 0.2) is 11.6 Å². The molecule has 0 amide bonds.